The van der Waals surface area contributed by atoms with Crippen molar-refractivity contribution in [1.82, 2.24) is 0 Å². The average molecular weight is 321 g/mol. The lowest BCUT2D eigenvalue weighted by molar-refractivity contribution is 0.0724. The van der Waals surface area contributed by atoms with Crippen LogP contribution in [0.2, 0.25) is 5.02 Å². The molecule has 0 aliphatic carbocycles. The lowest BCUT2D eigenvalue weighted by atomic mass is 10.2. The number of esters is 1. The lowest BCUT2D eigenvalue weighted by Crippen LogP contribution is -2.10. The maximum atomic E-state index is 12.2. The van der Waals surface area contributed by atoms with E-state index in [-0.39, 0.29) is 22.8 Å². The van der Waals surface area contributed by atoms with E-state index in [0.717, 1.165) is 0 Å². The Morgan fingerprint density at radius 3 is 2.23 bits per heavy atom. The molecule has 0 radical (unpaired) electrons. The highest BCUT2D eigenvalue weighted by Gasteiger charge is 2.19. The van der Waals surface area contributed by atoms with E-state index < -0.39 is 5.97 Å². The van der Waals surface area contributed by atoms with Crippen LogP contribution in [0.1, 0.15) is 20.7 Å². The molecule has 6 heteroatoms. The third-order valence-electron chi connectivity index (χ3n) is 2.87. The van der Waals surface area contributed by atoms with Crippen molar-refractivity contribution in [3.05, 3.63) is 52.5 Å². The fourth-order valence-electron chi connectivity index (χ4n) is 1.84. The van der Waals surface area contributed by atoms with Crippen LogP contribution in [-0.4, -0.2) is 26.5 Å². The molecule has 0 fully saturated rings. The van der Waals surface area contributed by atoms with E-state index in [1.165, 1.54) is 32.4 Å². The molecule has 22 heavy (non-hydrogen) atoms. The quantitative estimate of drug-likeness (QED) is 0.480. The summed E-state index contributed by atoms with van der Waals surface area (Å²) in [5, 5.41) is 0.421. The van der Waals surface area contributed by atoms with Gasteiger partial charge in [0.15, 0.2) is 11.5 Å². The first-order valence-electron chi connectivity index (χ1n) is 6.28. The highest BCUT2D eigenvalue weighted by Crippen LogP contribution is 2.38. The topological polar surface area (TPSA) is 61.8 Å². The highest BCUT2D eigenvalue weighted by molar-refractivity contribution is 6.30. The van der Waals surface area contributed by atoms with Crippen LogP contribution in [0.4, 0.5) is 0 Å². The monoisotopic (exact) mass is 320 g/mol. The van der Waals surface area contributed by atoms with Gasteiger partial charge in [0.1, 0.15) is 6.29 Å². The van der Waals surface area contributed by atoms with Gasteiger partial charge in [-0.2, -0.15) is 0 Å². The van der Waals surface area contributed by atoms with Crippen LogP contribution in [0, 0.1) is 0 Å². The van der Waals surface area contributed by atoms with Gasteiger partial charge in [0.25, 0.3) is 0 Å². The largest absolute Gasteiger partial charge is 0.493 e. The first-order chi connectivity index (χ1) is 10.6. The molecule has 0 aromatic heterocycles. The first kappa shape index (κ1) is 15.9. The molecule has 0 atom stereocenters. The van der Waals surface area contributed by atoms with Gasteiger partial charge < -0.3 is 14.2 Å². The predicted molar refractivity (Wildman–Crippen MR) is 81.3 cm³/mol. The van der Waals surface area contributed by atoms with E-state index in [1.54, 1.807) is 18.2 Å². The molecule has 0 amide bonds. The predicted octanol–water partition coefficient (Wildman–Crippen LogP) is 3.39. The smallest absolute Gasteiger partial charge is 0.343 e. The van der Waals surface area contributed by atoms with Crippen LogP contribution >= 0.6 is 11.6 Å². The molecule has 0 saturated carbocycles. The third-order valence-corrected chi connectivity index (χ3v) is 3.11. The Labute approximate surface area is 132 Å². The van der Waals surface area contributed by atoms with Crippen molar-refractivity contribution >= 4 is 23.9 Å². The van der Waals surface area contributed by atoms with Gasteiger partial charge in [-0.1, -0.05) is 17.7 Å². The van der Waals surface area contributed by atoms with Crippen molar-refractivity contribution in [1.29, 1.82) is 0 Å². The van der Waals surface area contributed by atoms with Gasteiger partial charge in [-0.15, -0.1) is 0 Å². The van der Waals surface area contributed by atoms with E-state index in [4.69, 9.17) is 25.8 Å². The molecule has 0 bridgehead atoms. The summed E-state index contributed by atoms with van der Waals surface area (Å²) in [5.74, 6) is -0.0767. The second-order valence-electron chi connectivity index (χ2n) is 4.27. The van der Waals surface area contributed by atoms with Gasteiger partial charge in [-0.3, -0.25) is 4.79 Å². The number of rotatable bonds is 5. The number of aldehydes is 1. The minimum atomic E-state index is -0.613. The molecule has 0 N–H and O–H groups in total. The van der Waals surface area contributed by atoms with Gasteiger partial charge in [0.05, 0.1) is 19.8 Å². The second-order valence-corrected chi connectivity index (χ2v) is 4.71. The molecule has 0 heterocycles. The van der Waals surface area contributed by atoms with Gasteiger partial charge in [0, 0.05) is 10.6 Å². The van der Waals surface area contributed by atoms with Crippen LogP contribution in [0.15, 0.2) is 36.4 Å². The number of carbonyl (C=O) groups is 2. The van der Waals surface area contributed by atoms with Crippen molar-refractivity contribution in [2.24, 2.45) is 0 Å². The molecule has 0 spiro atoms. The van der Waals surface area contributed by atoms with Crippen molar-refractivity contribution in [2.75, 3.05) is 14.2 Å². The van der Waals surface area contributed by atoms with Crippen LogP contribution in [0.5, 0.6) is 17.2 Å². The summed E-state index contributed by atoms with van der Waals surface area (Å²) in [6.45, 7) is 0. The number of hydrogen-bond acceptors (Lipinski definition) is 5. The van der Waals surface area contributed by atoms with E-state index in [2.05, 4.69) is 0 Å². The summed E-state index contributed by atoms with van der Waals surface area (Å²) >= 11 is 5.85. The van der Waals surface area contributed by atoms with Crippen molar-refractivity contribution < 1.29 is 23.8 Å². The van der Waals surface area contributed by atoms with Crippen molar-refractivity contribution in [2.45, 2.75) is 0 Å². The Morgan fingerprint density at radius 1 is 1.09 bits per heavy atom. The zero-order chi connectivity index (χ0) is 16.1. The molecule has 2 aromatic carbocycles. The molecular weight excluding hydrogens is 308 g/mol. The molecule has 0 saturated heterocycles. The third kappa shape index (κ3) is 3.38. The zero-order valence-corrected chi connectivity index (χ0v) is 12.7. The highest BCUT2D eigenvalue weighted by atomic mass is 35.5. The van der Waals surface area contributed by atoms with Crippen molar-refractivity contribution in [3.8, 4) is 17.2 Å². The second kappa shape index (κ2) is 6.95. The maximum absolute atomic E-state index is 12.2. The minimum absolute atomic E-state index is 0.0978. The number of methoxy groups -OCH3 is 2. The zero-order valence-electron chi connectivity index (χ0n) is 12.0. The Bertz CT molecular complexity index is 686. The molecule has 114 valence electrons. The molecule has 2 aromatic rings. The Kier molecular flexibility index (Phi) is 5.01. The van der Waals surface area contributed by atoms with Crippen LogP contribution in [0.25, 0.3) is 0 Å². The molecule has 2 rings (SSSR count). The number of carbonyl (C=O) groups excluding carboxylic acids is 2. The van der Waals surface area contributed by atoms with Gasteiger partial charge in [-0.25, -0.2) is 4.79 Å². The number of ether oxygens (including phenoxy) is 3. The summed E-state index contributed by atoms with van der Waals surface area (Å²) in [7, 11) is 2.81. The lowest BCUT2D eigenvalue weighted by Gasteiger charge is -2.13. The SMILES string of the molecule is COc1cc(C=O)cc(OC)c1OC(=O)c1cccc(Cl)c1. The summed E-state index contributed by atoms with van der Waals surface area (Å²) in [5.41, 5.74) is 0.632. The summed E-state index contributed by atoms with van der Waals surface area (Å²) in [6, 6.07) is 9.27. The Hall–Kier alpha value is -2.53. The molecule has 0 unspecified atom stereocenters. The Morgan fingerprint density at radius 2 is 1.73 bits per heavy atom. The number of hydrogen-bond donors (Lipinski definition) is 0. The van der Waals surface area contributed by atoms with Gasteiger partial charge in [-0.05, 0) is 30.3 Å². The van der Waals surface area contributed by atoms with Crippen LogP contribution in [0.3, 0.4) is 0 Å². The van der Waals surface area contributed by atoms with Gasteiger partial charge in [0.2, 0.25) is 5.75 Å². The number of halogens is 1. The number of benzene rings is 2. The summed E-state index contributed by atoms with van der Waals surface area (Å²) < 4.78 is 15.6. The van der Waals surface area contributed by atoms with E-state index >= 15 is 0 Å². The van der Waals surface area contributed by atoms with Gasteiger partial charge >= 0.3 is 5.97 Å². The van der Waals surface area contributed by atoms with E-state index in [0.29, 0.717) is 16.9 Å². The van der Waals surface area contributed by atoms with E-state index in [9.17, 15) is 9.59 Å². The molecule has 0 aliphatic rings. The average Bonchev–Trinajstić information content (AvgIpc) is 2.54. The fraction of sp³-hybridized carbons (Fsp3) is 0.125. The minimum Gasteiger partial charge on any atom is -0.493 e. The van der Waals surface area contributed by atoms with E-state index in [1.807, 2.05) is 0 Å². The fourth-order valence-corrected chi connectivity index (χ4v) is 2.03. The summed E-state index contributed by atoms with van der Waals surface area (Å²) in [6.07, 6.45) is 0.646. The molecule has 0 aliphatic heterocycles. The van der Waals surface area contributed by atoms with Crippen LogP contribution in [-0.2, 0) is 0 Å². The Balaban J connectivity index is 2.39. The molecule has 5 nitrogen and oxygen atoms in total. The van der Waals surface area contributed by atoms with Crippen LogP contribution < -0.4 is 14.2 Å². The maximum Gasteiger partial charge on any atom is 0.343 e. The summed E-state index contributed by atoms with van der Waals surface area (Å²) in [4.78, 5) is 23.1. The van der Waals surface area contributed by atoms with Crippen molar-refractivity contribution in [3.63, 3.8) is 0 Å². The standard InChI is InChI=1S/C16H13ClO5/c1-20-13-6-10(9-18)7-14(21-2)15(13)22-16(19)11-4-3-5-12(17)8-11/h3-9H,1-2H3. The first-order valence-corrected chi connectivity index (χ1v) is 6.65. The normalized spacial score (nSPS) is 9.95. The molecular formula is C16H13ClO5.